The molecule has 1 atom stereocenters. The highest BCUT2D eigenvalue weighted by Crippen LogP contribution is 2.28. The molecule has 2 aliphatic heterocycles. The molecule has 3 rings (SSSR count). The summed E-state index contributed by atoms with van der Waals surface area (Å²) in [5, 5.41) is 0. The number of aliphatic imine (C=N–C) groups is 1. The van der Waals surface area contributed by atoms with Crippen LogP contribution >= 0.6 is 0 Å². The number of hydrogen-bond acceptors (Lipinski definition) is 6. The van der Waals surface area contributed by atoms with E-state index in [0.29, 0.717) is 37.7 Å². The van der Waals surface area contributed by atoms with Crippen molar-refractivity contribution in [2.45, 2.75) is 6.10 Å². The predicted molar refractivity (Wildman–Crippen MR) is 80.0 cm³/mol. The SMILES string of the molecule is O=C=NC[C@H]1CN(c2ccc(N3CCOCC3)c(F)c2)C(=O)O1. The van der Waals surface area contributed by atoms with Gasteiger partial charge >= 0.3 is 6.09 Å². The Kier molecular flexibility index (Phi) is 4.55. The first kappa shape index (κ1) is 15.5. The number of hydrogen-bond donors (Lipinski definition) is 0. The Morgan fingerprint density at radius 2 is 2.13 bits per heavy atom. The van der Waals surface area contributed by atoms with E-state index in [0.717, 1.165) is 0 Å². The maximum Gasteiger partial charge on any atom is 0.414 e. The molecule has 1 aromatic carbocycles. The summed E-state index contributed by atoms with van der Waals surface area (Å²) in [5.41, 5.74) is 0.911. The second-order valence-corrected chi connectivity index (χ2v) is 5.28. The van der Waals surface area contributed by atoms with Crippen molar-refractivity contribution in [3.05, 3.63) is 24.0 Å². The lowest BCUT2D eigenvalue weighted by molar-refractivity contribution is 0.122. The Hall–Kier alpha value is -2.44. The molecular weight excluding hydrogens is 305 g/mol. The van der Waals surface area contributed by atoms with E-state index < -0.39 is 18.0 Å². The van der Waals surface area contributed by atoms with Crippen LogP contribution < -0.4 is 9.80 Å². The van der Waals surface area contributed by atoms with Gasteiger partial charge in [0, 0.05) is 13.1 Å². The molecule has 0 saturated carbocycles. The first-order valence-electron chi connectivity index (χ1n) is 7.33. The molecular formula is C15H16FN3O4. The Labute approximate surface area is 132 Å². The summed E-state index contributed by atoms with van der Waals surface area (Å²) in [5.74, 6) is -0.397. The van der Waals surface area contributed by atoms with Gasteiger partial charge in [0.15, 0.2) is 0 Å². The second kappa shape index (κ2) is 6.76. The number of morpholine rings is 1. The summed E-state index contributed by atoms with van der Waals surface area (Å²) in [7, 11) is 0. The highest BCUT2D eigenvalue weighted by molar-refractivity contribution is 5.90. The molecule has 0 unspecified atom stereocenters. The van der Waals surface area contributed by atoms with Crippen LogP contribution in [0.15, 0.2) is 23.2 Å². The zero-order valence-electron chi connectivity index (χ0n) is 12.4. The van der Waals surface area contributed by atoms with Crippen LogP contribution in [-0.4, -0.2) is 57.7 Å². The third-order valence-electron chi connectivity index (χ3n) is 3.83. The van der Waals surface area contributed by atoms with Gasteiger partial charge in [-0.2, -0.15) is 0 Å². The van der Waals surface area contributed by atoms with Crippen molar-refractivity contribution in [2.75, 3.05) is 49.2 Å². The minimum absolute atomic E-state index is 0.0556. The average Bonchev–Trinajstić information content (AvgIpc) is 2.94. The molecule has 0 bridgehead atoms. The Bertz CT molecular complexity index is 642. The summed E-state index contributed by atoms with van der Waals surface area (Å²) in [4.78, 5) is 28.6. The van der Waals surface area contributed by atoms with Crippen LogP contribution in [-0.2, 0) is 14.3 Å². The fourth-order valence-corrected chi connectivity index (χ4v) is 2.69. The van der Waals surface area contributed by atoms with E-state index in [2.05, 4.69) is 4.99 Å². The van der Waals surface area contributed by atoms with Crippen molar-refractivity contribution in [2.24, 2.45) is 4.99 Å². The molecule has 0 N–H and O–H groups in total. The normalized spacial score (nSPS) is 21.1. The van der Waals surface area contributed by atoms with Crippen molar-refractivity contribution in [3.63, 3.8) is 0 Å². The van der Waals surface area contributed by atoms with Crippen molar-refractivity contribution in [1.82, 2.24) is 0 Å². The Morgan fingerprint density at radius 1 is 1.35 bits per heavy atom. The van der Waals surface area contributed by atoms with Crippen molar-refractivity contribution < 1.29 is 23.5 Å². The highest BCUT2D eigenvalue weighted by atomic mass is 19.1. The van der Waals surface area contributed by atoms with E-state index in [1.54, 1.807) is 12.1 Å². The van der Waals surface area contributed by atoms with Crippen molar-refractivity contribution >= 4 is 23.5 Å². The lowest BCUT2D eigenvalue weighted by Crippen LogP contribution is -2.36. The first-order valence-corrected chi connectivity index (χ1v) is 7.33. The van der Waals surface area contributed by atoms with E-state index in [-0.39, 0.29) is 13.1 Å². The minimum Gasteiger partial charge on any atom is -0.442 e. The lowest BCUT2D eigenvalue weighted by Gasteiger charge is -2.29. The van der Waals surface area contributed by atoms with Crippen LogP contribution in [0.1, 0.15) is 0 Å². The van der Waals surface area contributed by atoms with Crippen LogP contribution in [0.2, 0.25) is 0 Å². The molecule has 1 amide bonds. The van der Waals surface area contributed by atoms with Crippen LogP contribution in [0.3, 0.4) is 0 Å². The summed E-state index contributed by atoms with van der Waals surface area (Å²) in [6.07, 6.45) is 0.310. The number of isocyanates is 1. The number of carbonyl (C=O) groups excluding carboxylic acids is 2. The van der Waals surface area contributed by atoms with E-state index in [1.807, 2.05) is 4.90 Å². The zero-order valence-corrected chi connectivity index (χ0v) is 12.4. The number of carbonyl (C=O) groups is 1. The van der Waals surface area contributed by atoms with Crippen LogP contribution in [0.5, 0.6) is 0 Å². The molecule has 0 aromatic heterocycles. The minimum atomic E-state index is -0.574. The molecule has 0 aliphatic carbocycles. The van der Waals surface area contributed by atoms with E-state index in [9.17, 15) is 14.0 Å². The second-order valence-electron chi connectivity index (χ2n) is 5.28. The number of nitrogens with zero attached hydrogens (tertiary/aromatic N) is 3. The summed E-state index contributed by atoms with van der Waals surface area (Å²) in [6, 6.07) is 4.65. The summed E-state index contributed by atoms with van der Waals surface area (Å²) in [6.45, 7) is 2.68. The molecule has 0 spiro atoms. The smallest absolute Gasteiger partial charge is 0.414 e. The van der Waals surface area contributed by atoms with Gasteiger partial charge in [0.05, 0.1) is 37.7 Å². The number of benzene rings is 1. The molecule has 2 heterocycles. The monoisotopic (exact) mass is 321 g/mol. The molecule has 2 saturated heterocycles. The quantitative estimate of drug-likeness (QED) is 0.618. The Balaban J connectivity index is 1.74. The molecule has 0 radical (unpaired) electrons. The van der Waals surface area contributed by atoms with Gasteiger partial charge < -0.3 is 14.4 Å². The molecule has 1 aromatic rings. The summed E-state index contributed by atoms with van der Waals surface area (Å²) >= 11 is 0. The zero-order chi connectivity index (χ0) is 16.2. The topological polar surface area (TPSA) is 71.4 Å². The standard InChI is InChI=1S/C15H16FN3O4/c16-13-7-11(1-2-14(13)18-3-5-22-6-4-18)19-9-12(8-17-10-20)23-15(19)21/h1-2,7,12H,3-6,8-9H2/t12-/m0/s1. The third-order valence-corrected chi connectivity index (χ3v) is 3.83. The maximum atomic E-state index is 14.4. The van der Waals surface area contributed by atoms with Gasteiger partial charge in [-0.1, -0.05) is 0 Å². The van der Waals surface area contributed by atoms with Gasteiger partial charge in [-0.3, -0.25) is 4.90 Å². The first-order chi connectivity index (χ1) is 11.2. The Morgan fingerprint density at radius 3 is 2.83 bits per heavy atom. The van der Waals surface area contributed by atoms with Crippen LogP contribution in [0.25, 0.3) is 0 Å². The van der Waals surface area contributed by atoms with Crippen LogP contribution in [0.4, 0.5) is 20.6 Å². The fourth-order valence-electron chi connectivity index (χ4n) is 2.69. The van der Waals surface area contributed by atoms with Gasteiger partial charge in [0.2, 0.25) is 6.08 Å². The third kappa shape index (κ3) is 3.33. The van der Waals surface area contributed by atoms with E-state index in [4.69, 9.17) is 9.47 Å². The van der Waals surface area contributed by atoms with Crippen molar-refractivity contribution in [1.29, 1.82) is 0 Å². The number of halogens is 1. The van der Waals surface area contributed by atoms with Gasteiger partial charge in [-0.25, -0.2) is 19.0 Å². The maximum absolute atomic E-state index is 14.4. The lowest BCUT2D eigenvalue weighted by atomic mass is 10.2. The van der Waals surface area contributed by atoms with Gasteiger partial charge in [0.25, 0.3) is 0 Å². The largest absolute Gasteiger partial charge is 0.442 e. The summed E-state index contributed by atoms with van der Waals surface area (Å²) < 4.78 is 24.7. The highest BCUT2D eigenvalue weighted by Gasteiger charge is 2.32. The van der Waals surface area contributed by atoms with E-state index >= 15 is 0 Å². The number of amides is 1. The molecule has 2 aliphatic rings. The predicted octanol–water partition coefficient (Wildman–Crippen LogP) is 1.32. The number of anilines is 2. The molecule has 122 valence electrons. The molecule has 7 nitrogen and oxygen atoms in total. The molecule has 23 heavy (non-hydrogen) atoms. The van der Waals surface area contributed by atoms with Gasteiger partial charge in [0.1, 0.15) is 11.9 Å². The molecule has 2 fully saturated rings. The fraction of sp³-hybridized carbons (Fsp3) is 0.467. The average molecular weight is 321 g/mol. The number of ether oxygens (including phenoxy) is 2. The number of rotatable bonds is 4. The molecule has 8 heteroatoms. The van der Waals surface area contributed by atoms with Gasteiger partial charge in [-0.05, 0) is 18.2 Å². The van der Waals surface area contributed by atoms with Crippen LogP contribution in [0, 0.1) is 5.82 Å². The van der Waals surface area contributed by atoms with Gasteiger partial charge in [-0.15, -0.1) is 0 Å². The number of cyclic esters (lactones) is 1. The van der Waals surface area contributed by atoms with E-state index in [1.165, 1.54) is 17.0 Å². The van der Waals surface area contributed by atoms with Crippen molar-refractivity contribution in [3.8, 4) is 0 Å².